The number of thiocarbonyl (C=S) groups is 1. The second-order valence-electron chi connectivity index (χ2n) is 10.1. The third-order valence-electron chi connectivity index (χ3n) is 7.42. The lowest BCUT2D eigenvalue weighted by molar-refractivity contribution is -0.120. The topological polar surface area (TPSA) is 59.1 Å². The third-order valence-corrected chi connectivity index (χ3v) is 7.79. The molecule has 0 spiro atoms. The fourth-order valence-corrected chi connectivity index (χ4v) is 5.56. The molecule has 1 heterocycles. The average molecular weight is 585 g/mol. The zero-order chi connectivity index (χ0) is 29.9. The van der Waals surface area contributed by atoms with Crippen LogP contribution in [0.5, 0.6) is 11.5 Å². The highest BCUT2D eigenvalue weighted by molar-refractivity contribution is 7.81. The van der Waals surface area contributed by atoms with E-state index in [-0.39, 0.29) is 10.7 Å². The van der Waals surface area contributed by atoms with Crippen LogP contribution < -0.4 is 19.3 Å². The first-order chi connectivity index (χ1) is 21.0. The number of aryl methyl sites for hydroxylation is 1. The van der Waals surface area contributed by atoms with Crippen LogP contribution in [-0.4, -0.2) is 24.0 Å². The Hall–Kier alpha value is -5.27. The summed E-state index contributed by atoms with van der Waals surface area (Å²) in [6, 6.07) is 35.9. The van der Waals surface area contributed by atoms with Crippen molar-refractivity contribution in [2.24, 2.45) is 0 Å². The van der Waals surface area contributed by atoms with Gasteiger partial charge in [-0.1, -0.05) is 78.9 Å². The zero-order valence-corrected chi connectivity index (χ0v) is 24.5. The van der Waals surface area contributed by atoms with Gasteiger partial charge in [-0.25, -0.2) is 0 Å². The van der Waals surface area contributed by atoms with Gasteiger partial charge in [0.05, 0.1) is 18.5 Å². The molecular formula is C36H28N2O4S. The number of nitrogens with zero attached hydrogens (tertiary/aromatic N) is 2. The lowest BCUT2D eigenvalue weighted by atomic mass is 10.0. The van der Waals surface area contributed by atoms with Crippen molar-refractivity contribution in [2.45, 2.75) is 13.5 Å². The summed E-state index contributed by atoms with van der Waals surface area (Å²) in [4.78, 5) is 30.4. The third kappa shape index (κ3) is 5.38. The molecule has 6 nitrogen and oxygen atoms in total. The number of benzene rings is 5. The van der Waals surface area contributed by atoms with Crippen LogP contribution in [0.25, 0.3) is 16.8 Å². The summed E-state index contributed by atoms with van der Waals surface area (Å²) in [6.45, 7) is 2.43. The fourth-order valence-electron chi connectivity index (χ4n) is 5.19. The van der Waals surface area contributed by atoms with Gasteiger partial charge in [-0.3, -0.25) is 19.4 Å². The molecule has 2 amide bonds. The van der Waals surface area contributed by atoms with Gasteiger partial charge >= 0.3 is 0 Å². The average Bonchev–Trinajstić information content (AvgIpc) is 3.04. The van der Waals surface area contributed by atoms with Crippen molar-refractivity contribution in [3.8, 4) is 11.5 Å². The Balaban J connectivity index is 1.35. The maximum atomic E-state index is 13.8. The lowest BCUT2D eigenvalue weighted by Gasteiger charge is -2.36. The summed E-state index contributed by atoms with van der Waals surface area (Å²) in [5.74, 6) is 0.0350. The van der Waals surface area contributed by atoms with E-state index in [0.29, 0.717) is 35.0 Å². The van der Waals surface area contributed by atoms with Crippen LogP contribution in [0.4, 0.5) is 11.4 Å². The van der Waals surface area contributed by atoms with Gasteiger partial charge in [0, 0.05) is 5.56 Å². The van der Waals surface area contributed by atoms with Gasteiger partial charge in [0.15, 0.2) is 16.6 Å². The normalized spacial score (nSPS) is 13.4. The van der Waals surface area contributed by atoms with Crippen LogP contribution in [0.15, 0.2) is 121 Å². The van der Waals surface area contributed by atoms with E-state index in [4.69, 9.17) is 21.7 Å². The Kier molecular flexibility index (Phi) is 7.73. The van der Waals surface area contributed by atoms with Gasteiger partial charge in [-0.2, -0.15) is 0 Å². The molecular weight excluding hydrogens is 556 g/mol. The molecule has 43 heavy (non-hydrogen) atoms. The molecule has 7 heteroatoms. The quantitative estimate of drug-likeness (QED) is 0.113. The van der Waals surface area contributed by atoms with E-state index in [2.05, 4.69) is 31.2 Å². The number of carbonyl (C=O) groups is 2. The maximum Gasteiger partial charge on any atom is 0.270 e. The second-order valence-corrected chi connectivity index (χ2v) is 10.4. The van der Waals surface area contributed by atoms with Crippen molar-refractivity contribution in [3.05, 3.63) is 138 Å². The predicted octanol–water partition coefficient (Wildman–Crippen LogP) is 7.48. The van der Waals surface area contributed by atoms with Crippen LogP contribution in [0.3, 0.4) is 0 Å². The van der Waals surface area contributed by atoms with Crippen molar-refractivity contribution in [1.82, 2.24) is 0 Å². The highest BCUT2D eigenvalue weighted by Crippen LogP contribution is 2.33. The minimum Gasteiger partial charge on any atom is -0.493 e. The van der Waals surface area contributed by atoms with Crippen molar-refractivity contribution in [2.75, 3.05) is 16.9 Å². The molecule has 0 radical (unpaired) electrons. The molecule has 6 rings (SSSR count). The van der Waals surface area contributed by atoms with Gasteiger partial charge in [0.25, 0.3) is 11.8 Å². The predicted molar refractivity (Wildman–Crippen MR) is 174 cm³/mol. The van der Waals surface area contributed by atoms with E-state index in [1.165, 1.54) is 9.80 Å². The van der Waals surface area contributed by atoms with Crippen molar-refractivity contribution in [3.63, 3.8) is 0 Å². The molecule has 0 bridgehead atoms. The van der Waals surface area contributed by atoms with Crippen LogP contribution in [-0.2, 0) is 16.2 Å². The Morgan fingerprint density at radius 3 is 1.95 bits per heavy atom. The van der Waals surface area contributed by atoms with E-state index in [1.807, 2.05) is 48.5 Å². The standard InChI is InChI=1S/C36H28N2O4S/c1-24-17-19-26-11-9-10-16-29(26)31(24)23-42-32-20-18-25(22-33(32)41-2)21-30-34(39)37(27-12-5-3-6-13-27)36(43)38(35(30)40)28-14-7-4-8-15-28/h3-22H,23H2,1-2H3. The molecule has 1 aliphatic heterocycles. The zero-order valence-electron chi connectivity index (χ0n) is 23.7. The smallest absolute Gasteiger partial charge is 0.270 e. The molecule has 5 aromatic carbocycles. The first-order valence-corrected chi connectivity index (χ1v) is 14.2. The monoisotopic (exact) mass is 584 g/mol. The number of para-hydroxylation sites is 2. The largest absolute Gasteiger partial charge is 0.493 e. The summed E-state index contributed by atoms with van der Waals surface area (Å²) in [5.41, 5.74) is 3.96. The Morgan fingerprint density at radius 1 is 0.721 bits per heavy atom. The molecule has 5 aromatic rings. The molecule has 1 saturated heterocycles. The summed E-state index contributed by atoms with van der Waals surface area (Å²) >= 11 is 5.70. The molecule has 1 fully saturated rings. The highest BCUT2D eigenvalue weighted by Gasteiger charge is 2.41. The number of ether oxygens (including phenoxy) is 2. The van der Waals surface area contributed by atoms with Crippen molar-refractivity contribution < 1.29 is 19.1 Å². The van der Waals surface area contributed by atoms with Gasteiger partial charge in [0.1, 0.15) is 12.2 Å². The second kappa shape index (κ2) is 11.9. The molecule has 212 valence electrons. The lowest BCUT2D eigenvalue weighted by Crippen LogP contribution is -2.56. The molecule has 0 unspecified atom stereocenters. The summed E-state index contributed by atoms with van der Waals surface area (Å²) in [7, 11) is 1.56. The number of hydrogen-bond donors (Lipinski definition) is 0. The van der Waals surface area contributed by atoms with E-state index in [9.17, 15) is 9.59 Å². The molecule has 0 N–H and O–H groups in total. The van der Waals surface area contributed by atoms with E-state index in [0.717, 1.165) is 21.9 Å². The first kappa shape index (κ1) is 27.9. The first-order valence-electron chi connectivity index (χ1n) is 13.8. The van der Waals surface area contributed by atoms with Crippen LogP contribution in [0.1, 0.15) is 16.7 Å². The number of amides is 2. The van der Waals surface area contributed by atoms with E-state index >= 15 is 0 Å². The summed E-state index contributed by atoms with van der Waals surface area (Å²) in [5, 5.41) is 2.38. The number of hydrogen-bond acceptors (Lipinski definition) is 5. The summed E-state index contributed by atoms with van der Waals surface area (Å²) < 4.78 is 11.9. The van der Waals surface area contributed by atoms with E-state index in [1.54, 1.807) is 55.7 Å². The van der Waals surface area contributed by atoms with Gasteiger partial charge in [-0.15, -0.1) is 0 Å². The van der Waals surface area contributed by atoms with Gasteiger partial charge in [-0.05, 0) is 83.5 Å². The van der Waals surface area contributed by atoms with Crippen molar-refractivity contribution >= 4 is 57.4 Å². The minimum atomic E-state index is -0.501. The van der Waals surface area contributed by atoms with Crippen LogP contribution in [0, 0.1) is 6.92 Å². The maximum absolute atomic E-state index is 13.8. The van der Waals surface area contributed by atoms with E-state index < -0.39 is 11.8 Å². The van der Waals surface area contributed by atoms with Crippen LogP contribution >= 0.6 is 12.2 Å². The molecule has 1 aliphatic rings. The molecule has 0 atom stereocenters. The molecule has 0 saturated carbocycles. The number of rotatable bonds is 7. The Labute approximate surface area is 255 Å². The Bertz CT molecular complexity index is 1820. The Morgan fingerprint density at radius 2 is 1.33 bits per heavy atom. The number of fused-ring (bicyclic) bond motifs is 1. The number of methoxy groups -OCH3 is 1. The number of carbonyl (C=O) groups excluding carboxylic acids is 2. The van der Waals surface area contributed by atoms with Gasteiger partial charge < -0.3 is 9.47 Å². The SMILES string of the molecule is COc1cc(C=C2C(=O)N(c3ccccc3)C(=S)N(c3ccccc3)C2=O)ccc1OCc1c(C)ccc2ccccc12. The number of anilines is 2. The fraction of sp³-hybridized carbons (Fsp3) is 0.0833. The summed E-state index contributed by atoms with van der Waals surface area (Å²) in [6.07, 6.45) is 1.57. The van der Waals surface area contributed by atoms with Crippen LogP contribution in [0.2, 0.25) is 0 Å². The molecule has 0 aliphatic carbocycles. The minimum absolute atomic E-state index is 0.0246. The molecule has 0 aromatic heterocycles. The highest BCUT2D eigenvalue weighted by atomic mass is 32.1. The van der Waals surface area contributed by atoms with Crippen molar-refractivity contribution in [1.29, 1.82) is 0 Å². The van der Waals surface area contributed by atoms with Gasteiger partial charge in [0.2, 0.25) is 0 Å².